The molecule has 3 heteroatoms. The molecule has 0 aliphatic carbocycles. The van der Waals surface area contributed by atoms with E-state index in [1.165, 1.54) is 0 Å². The molecule has 2 aromatic carbocycles. The van der Waals surface area contributed by atoms with Gasteiger partial charge in [-0.2, -0.15) is 0 Å². The van der Waals surface area contributed by atoms with E-state index in [2.05, 4.69) is 0 Å². The SMILES string of the molecule is O=[C]c1cccc2c1Oc1ccccc1O2. The average molecular weight is 211 g/mol. The third kappa shape index (κ3) is 1.26. The molecule has 0 atom stereocenters. The Kier molecular flexibility index (Phi) is 1.90. The number of benzene rings is 2. The van der Waals surface area contributed by atoms with Gasteiger partial charge in [-0.3, -0.25) is 4.79 Å². The lowest BCUT2D eigenvalue weighted by Gasteiger charge is -2.20. The molecule has 0 amide bonds. The zero-order chi connectivity index (χ0) is 11.0. The number of ether oxygens (including phenoxy) is 2. The summed E-state index contributed by atoms with van der Waals surface area (Å²) >= 11 is 0. The van der Waals surface area contributed by atoms with Crippen LogP contribution in [0.15, 0.2) is 42.5 Å². The lowest BCUT2D eigenvalue weighted by atomic mass is 10.2. The van der Waals surface area contributed by atoms with Gasteiger partial charge in [-0.15, -0.1) is 0 Å². The Morgan fingerprint density at radius 2 is 1.50 bits per heavy atom. The predicted octanol–water partition coefficient (Wildman–Crippen LogP) is 3.04. The van der Waals surface area contributed by atoms with Crippen molar-refractivity contribution in [2.75, 3.05) is 0 Å². The largest absolute Gasteiger partial charge is 0.449 e. The molecular formula is C13H7O3. The first-order valence-corrected chi connectivity index (χ1v) is 4.84. The molecule has 2 aromatic rings. The van der Waals surface area contributed by atoms with Gasteiger partial charge in [-0.25, -0.2) is 0 Å². The quantitative estimate of drug-likeness (QED) is 0.620. The molecule has 3 nitrogen and oxygen atoms in total. The molecule has 0 saturated heterocycles. The number of fused-ring (bicyclic) bond motifs is 2. The van der Waals surface area contributed by atoms with Crippen molar-refractivity contribution in [2.45, 2.75) is 0 Å². The zero-order valence-electron chi connectivity index (χ0n) is 8.27. The van der Waals surface area contributed by atoms with Crippen molar-refractivity contribution in [3.63, 3.8) is 0 Å². The summed E-state index contributed by atoms with van der Waals surface area (Å²) in [6, 6.07) is 12.4. The van der Waals surface area contributed by atoms with Crippen molar-refractivity contribution in [2.24, 2.45) is 0 Å². The maximum atomic E-state index is 10.7. The lowest BCUT2D eigenvalue weighted by molar-refractivity contribution is 0.358. The molecule has 0 unspecified atom stereocenters. The van der Waals surface area contributed by atoms with E-state index in [1.807, 2.05) is 24.5 Å². The molecule has 1 aliphatic rings. The van der Waals surface area contributed by atoms with Crippen LogP contribution in [-0.2, 0) is 4.79 Å². The average Bonchev–Trinajstić information content (AvgIpc) is 2.35. The molecule has 1 radical (unpaired) electrons. The molecule has 0 fully saturated rings. The van der Waals surface area contributed by atoms with Crippen LogP contribution < -0.4 is 9.47 Å². The van der Waals surface area contributed by atoms with Gasteiger partial charge in [0.15, 0.2) is 23.0 Å². The minimum atomic E-state index is 0.368. The zero-order valence-corrected chi connectivity index (χ0v) is 8.27. The Morgan fingerprint density at radius 3 is 2.25 bits per heavy atom. The summed E-state index contributed by atoms with van der Waals surface area (Å²) in [4.78, 5) is 10.7. The highest BCUT2D eigenvalue weighted by atomic mass is 16.6. The molecule has 1 heterocycles. The van der Waals surface area contributed by atoms with Crippen LogP contribution in [0.1, 0.15) is 5.56 Å². The van der Waals surface area contributed by atoms with Crippen LogP contribution in [0.4, 0.5) is 0 Å². The van der Waals surface area contributed by atoms with Crippen molar-refractivity contribution in [3.05, 3.63) is 48.0 Å². The molecular weight excluding hydrogens is 204 g/mol. The molecule has 0 saturated carbocycles. The first kappa shape index (κ1) is 8.97. The molecule has 0 N–H and O–H groups in total. The third-order valence-corrected chi connectivity index (χ3v) is 2.37. The smallest absolute Gasteiger partial charge is 0.237 e. The van der Waals surface area contributed by atoms with Gasteiger partial charge in [-0.05, 0) is 24.3 Å². The van der Waals surface area contributed by atoms with E-state index in [9.17, 15) is 4.79 Å². The van der Waals surface area contributed by atoms with E-state index in [0.29, 0.717) is 28.6 Å². The lowest BCUT2D eigenvalue weighted by Crippen LogP contribution is -2.01. The highest BCUT2D eigenvalue weighted by Gasteiger charge is 2.20. The van der Waals surface area contributed by atoms with Crippen molar-refractivity contribution < 1.29 is 14.3 Å². The molecule has 3 rings (SSSR count). The van der Waals surface area contributed by atoms with Crippen molar-refractivity contribution in [1.82, 2.24) is 0 Å². The maximum Gasteiger partial charge on any atom is 0.237 e. The summed E-state index contributed by atoms with van der Waals surface area (Å²) < 4.78 is 11.2. The normalized spacial score (nSPS) is 11.8. The fraction of sp³-hybridized carbons (Fsp3) is 0. The Bertz CT molecular complexity index is 561. The van der Waals surface area contributed by atoms with Gasteiger partial charge in [0.25, 0.3) is 0 Å². The van der Waals surface area contributed by atoms with E-state index in [-0.39, 0.29) is 0 Å². The van der Waals surface area contributed by atoms with Gasteiger partial charge in [0, 0.05) is 0 Å². The first-order valence-electron chi connectivity index (χ1n) is 4.84. The van der Waals surface area contributed by atoms with Crippen LogP contribution in [-0.4, -0.2) is 6.29 Å². The Balaban J connectivity index is 2.15. The van der Waals surface area contributed by atoms with Crippen LogP contribution >= 0.6 is 0 Å². The van der Waals surface area contributed by atoms with Gasteiger partial charge in [0.05, 0.1) is 5.56 Å². The Morgan fingerprint density at radius 1 is 0.812 bits per heavy atom. The van der Waals surface area contributed by atoms with Crippen molar-refractivity contribution in [1.29, 1.82) is 0 Å². The van der Waals surface area contributed by atoms with Crippen LogP contribution in [0.25, 0.3) is 0 Å². The third-order valence-electron chi connectivity index (χ3n) is 2.37. The van der Waals surface area contributed by atoms with Gasteiger partial charge in [-0.1, -0.05) is 18.2 Å². The first-order chi connectivity index (χ1) is 7.88. The second-order valence-electron chi connectivity index (χ2n) is 3.39. The van der Waals surface area contributed by atoms with Gasteiger partial charge < -0.3 is 9.47 Å². The number of carbonyl (C=O) groups excluding carboxylic acids is 1. The Hall–Kier alpha value is -2.29. The van der Waals surface area contributed by atoms with Gasteiger partial charge in [0.1, 0.15) is 0 Å². The number of hydrogen-bond donors (Lipinski definition) is 0. The summed E-state index contributed by atoms with van der Waals surface area (Å²) in [5, 5.41) is 0. The van der Waals surface area contributed by atoms with Crippen LogP contribution in [0, 0.1) is 0 Å². The minimum Gasteiger partial charge on any atom is -0.449 e. The second-order valence-corrected chi connectivity index (χ2v) is 3.39. The van der Waals surface area contributed by atoms with E-state index in [0.717, 1.165) is 0 Å². The number of rotatable bonds is 1. The summed E-state index contributed by atoms with van der Waals surface area (Å²) in [5.74, 6) is 2.23. The van der Waals surface area contributed by atoms with Crippen LogP contribution in [0.3, 0.4) is 0 Å². The highest BCUT2D eigenvalue weighted by Crippen LogP contribution is 2.45. The van der Waals surface area contributed by atoms with E-state index in [4.69, 9.17) is 9.47 Å². The van der Waals surface area contributed by atoms with Gasteiger partial charge in [0.2, 0.25) is 6.29 Å². The molecule has 1 aliphatic heterocycles. The fourth-order valence-corrected chi connectivity index (χ4v) is 1.63. The van der Waals surface area contributed by atoms with Crippen molar-refractivity contribution in [3.8, 4) is 23.0 Å². The highest BCUT2D eigenvalue weighted by molar-refractivity contribution is 5.82. The standard InChI is InChI=1S/C13H7O3/c14-8-9-4-3-7-12-13(9)16-11-6-2-1-5-10(11)15-12/h1-7H. The van der Waals surface area contributed by atoms with Crippen LogP contribution in [0.5, 0.6) is 23.0 Å². The summed E-state index contributed by atoms with van der Waals surface area (Å²) in [7, 11) is 0. The molecule has 0 bridgehead atoms. The molecule has 0 spiro atoms. The van der Waals surface area contributed by atoms with Crippen molar-refractivity contribution >= 4 is 6.29 Å². The number of hydrogen-bond acceptors (Lipinski definition) is 3. The number of para-hydroxylation sites is 3. The predicted molar refractivity (Wildman–Crippen MR) is 57.8 cm³/mol. The monoisotopic (exact) mass is 211 g/mol. The second kappa shape index (κ2) is 3.38. The van der Waals surface area contributed by atoms with Gasteiger partial charge >= 0.3 is 0 Å². The molecule has 16 heavy (non-hydrogen) atoms. The minimum absolute atomic E-state index is 0.368. The molecule has 77 valence electrons. The molecule has 0 aromatic heterocycles. The summed E-state index contributed by atoms with van der Waals surface area (Å²) in [6.45, 7) is 0. The maximum absolute atomic E-state index is 10.7. The summed E-state index contributed by atoms with van der Waals surface area (Å²) in [5.41, 5.74) is 0.368. The van der Waals surface area contributed by atoms with E-state index < -0.39 is 0 Å². The van der Waals surface area contributed by atoms with E-state index >= 15 is 0 Å². The summed E-state index contributed by atoms with van der Waals surface area (Å²) in [6.07, 6.45) is 1.83. The van der Waals surface area contributed by atoms with Crippen LogP contribution in [0.2, 0.25) is 0 Å². The Labute approximate surface area is 92.2 Å². The van der Waals surface area contributed by atoms with E-state index in [1.54, 1.807) is 24.3 Å². The topological polar surface area (TPSA) is 35.5 Å². The fourth-order valence-electron chi connectivity index (χ4n) is 1.63.